The zero-order valence-electron chi connectivity index (χ0n) is 15.1. The standard InChI is InChI=1S/C13H22N2O12/c1-6(2)7(3)24-13(17)23-5-8-9(16)10(26-14(18)19)11(27-15(20)21)12(22-4)25-8/h6-12,16H,5H2,1-4H3/t7?,8-,9-,10+,11-,12+/m1/s1. The van der Waals surface area contributed by atoms with Gasteiger partial charge >= 0.3 is 6.16 Å². The molecule has 1 rings (SSSR count). The number of hydrogen-bond donors (Lipinski definition) is 1. The van der Waals surface area contributed by atoms with Crippen LogP contribution < -0.4 is 0 Å². The van der Waals surface area contributed by atoms with Crippen LogP contribution in [0.1, 0.15) is 20.8 Å². The Labute approximate surface area is 153 Å². The summed E-state index contributed by atoms with van der Waals surface area (Å²) in [6, 6.07) is 0. The fourth-order valence-electron chi connectivity index (χ4n) is 2.12. The highest BCUT2D eigenvalue weighted by molar-refractivity contribution is 5.60. The van der Waals surface area contributed by atoms with Gasteiger partial charge in [-0.1, -0.05) is 13.8 Å². The zero-order valence-corrected chi connectivity index (χ0v) is 15.1. The second kappa shape index (κ2) is 10.0. The normalized spacial score (nSPS) is 28.9. The van der Waals surface area contributed by atoms with Crippen molar-refractivity contribution in [2.24, 2.45) is 5.92 Å². The Morgan fingerprint density at radius 3 is 2.19 bits per heavy atom. The third-order valence-electron chi connectivity index (χ3n) is 3.85. The van der Waals surface area contributed by atoms with Gasteiger partial charge in [-0.3, -0.25) is 0 Å². The van der Waals surface area contributed by atoms with E-state index in [1.54, 1.807) is 6.92 Å². The number of nitrogens with zero attached hydrogens (tertiary/aromatic N) is 2. The molecular formula is C13H22N2O12. The van der Waals surface area contributed by atoms with Gasteiger partial charge in [0.05, 0.1) is 0 Å². The van der Waals surface area contributed by atoms with Gasteiger partial charge in [-0.25, -0.2) is 4.79 Å². The van der Waals surface area contributed by atoms with Crippen molar-refractivity contribution in [3.8, 4) is 0 Å². The molecule has 0 spiro atoms. The molecule has 27 heavy (non-hydrogen) atoms. The van der Waals surface area contributed by atoms with Crippen LogP contribution in [0, 0.1) is 26.1 Å². The summed E-state index contributed by atoms with van der Waals surface area (Å²) < 4.78 is 19.9. The van der Waals surface area contributed by atoms with E-state index in [2.05, 4.69) is 9.68 Å². The molecule has 1 fully saturated rings. The lowest BCUT2D eigenvalue weighted by Gasteiger charge is -2.41. The topological polar surface area (TPSA) is 179 Å². The number of methoxy groups -OCH3 is 1. The highest BCUT2D eigenvalue weighted by atomic mass is 17.0. The first-order valence-electron chi connectivity index (χ1n) is 7.88. The number of ether oxygens (including phenoxy) is 4. The van der Waals surface area contributed by atoms with Crippen LogP contribution in [0.15, 0.2) is 0 Å². The van der Waals surface area contributed by atoms with Crippen LogP contribution in [0.25, 0.3) is 0 Å². The minimum atomic E-state index is -1.83. The summed E-state index contributed by atoms with van der Waals surface area (Å²) in [7, 11) is 1.10. The van der Waals surface area contributed by atoms with Gasteiger partial charge in [-0.2, -0.15) is 0 Å². The van der Waals surface area contributed by atoms with E-state index < -0.39 is 59.7 Å². The number of hydrogen-bond acceptors (Lipinski definition) is 12. The van der Waals surface area contributed by atoms with Crippen LogP contribution in [0.3, 0.4) is 0 Å². The average Bonchev–Trinajstić information content (AvgIpc) is 2.56. The summed E-state index contributed by atoms with van der Waals surface area (Å²) in [5.41, 5.74) is 0. The lowest BCUT2D eigenvalue weighted by molar-refractivity contribution is -0.806. The predicted molar refractivity (Wildman–Crippen MR) is 82.1 cm³/mol. The maximum atomic E-state index is 11.7. The third kappa shape index (κ3) is 6.65. The first-order chi connectivity index (χ1) is 12.6. The van der Waals surface area contributed by atoms with E-state index in [-0.39, 0.29) is 5.92 Å². The van der Waals surface area contributed by atoms with E-state index >= 15 is 0 Å². The maximum absolute atomic E-state index is 11.7. The fraction of sp³-hybridized carbons (Fsp3) is 0.923. The zero-order chi connectivity index (χ0) is 20.7. The summed E-state index contributed by atoms with van der Waals surface area (Å²) in [5.74, 6) is 0.0323. The molecule has 0 aromatic carbocycles. The Morgan fingerprint density at radius 2 is 1.70 bits per heavy atom. The third-order valence-corrected chi connectivity index (χ3v) is 3.85. The first-order valence-corrected chi connectivity index (χ1v) is 7.88. The Kier molecular flexibility index (Phi) is 8.39. The first kappa shape index (κ1) is 22.6. The van der Waals surface area contributed by atoms with Crippen molar-refractivity contribution in [3.05, 3.63) is 20.2 Å². The van der Waals surface area contributed by atoms with Gasteiger partial charge in [0, 0.05) is 7.11 Å². The van der Waals surface area contributed by atoms with E-state index in [4.69, 9.17) is 18.9 Å². The smallest absolute Gasteiger partial charge is 0.431 e. The van der Waals surface area contributed by atoms with Gasteiger partial charge in [0.25, 0.3) is 10.2 Å². The lowest BCUT2D eigenvalue weighted by Crippen LogP contribution is -2.61. The van der Waals surface area contributed by atoms with Gasteiger partial charge in [0.1, 0.15) is 24.9 Å². The molecule has 1 saturated heterocycles. The molecule has 0 bridgehead atoms. The molecule has 1 N–H and O–H groups in total. The minimum Gasteiger partial charge on any atom is -0.431 e. The summed E-state index contributed by atoms with van der Waals surface area (Å²) >= 11 is 0. The molecule has 1 heterocycles. The van der Waals surface area contributed by atoms with Gasteiger partial charge in [0.15, 0.2) is 18.5 Å². The van der Waals surface area contributed by atoms with Gasteiger partial charge in [-0.05, 0) is 12.8 Å². The fourth-order valence-corrected chi connectivity index (χ4v) is 2.12. The SMILES string of the molecule is CO[C@H]1O[C@H](COC(=O)OC(C)C(C)C)[C@@H](O)[C@H](O[N+](=O)[O-])[C@H]1O[N+](=O)[O-]. The van der Waals surface area contributed by atoms with Crippen molar-refractivity contribution in [1.82, 2.24) is 0 Å². The molecule has 1 aliphatic heterocycles. The van der Waals surface area contributed by atoms with Crippen molar-refractivity contribution >= 4 is 6.16 Å². The average molecular weight is 398 g/mol. The van der Waals surface area contributed by atoms with E-state index in [1.165, 1.54) is 0 Å². The van der Waals surface area contributed by atoms with E-state index in [9.17, 15) is 30.1 Å². The molecule has 6 atom stereocenters. The number of carbonyl (C=O) groups is 1. The molecule has 1 unspecified atom stereocenters. The predicted octanol–water partition coefficient (Wildman–Crippen LogP) is 0.0701. The monoisotopic (exact) mass is 398 g/mol. The Balaban J connectivity index is 2.82. The molecule has 1 aliphatic rings. The molecule has 14 heteroatoms. The highest BCUT2D eigenvalue weighted by Crippen LogP contribution is 2.27. The van der Waals surface area contributed by atoms with Crippen molar-refractivity contribution < 1.29 is 48.7 Å². The Bertz CT molecular complexity index is 529. The Hall–Kier alpha value is -2.45. The quantitative estimate of drug-likeness (QED) is 0.314. The van der Waals surface area contributed by atoms with Crippen LogP contribution in [-0.2, 0) is 28.6 Å². The maximum Gasteiger partial charge on any atom is 0.508 e. The molecular weight excluding hydrogens is 376 g/mol. The Morgan fingerprint density at radius 1 is 1.15 bits per heavy atom. The lowest BCUT2D eigenvalue weighted by atomic mass is 9.99. The van der Waals surface area contributed by atoms with Crippen LogP contribution in [0.4, 0.5) is 4.79 Å². The van der Waals surface area contributed by atoms with Crippen LogP contribution in [0.2, 0.25) is 0 Å². The van der Waals surface area contributed by atoms with Crippen LogP contribution in [-0.4, -0.2) is 72.0 Å². The summed E-state index contributed by atoms with van der Waals surface area (Å²) in [6.45, 7) is 4.72. The van der Waals surface area contributed by atoms with E-state index in [1.807, 2.05) is 13.8 Å². The number of aliphatic hydroxyl groups is 1. The van der Waals surface area contributed by atoms with Crippen molar-refractivity contribution in [2.75, 3.05) is 13.7 Å². The molecule has 156 valence electrons. The van der Waals surface area contributed by atoms with Crippen LogP contribution in [0.5, 0.6) is 0 Å². The van der Waals surface area contributed by atoms with Gasteiger partial charge < -0.3 is 33.7 Å². The molecule has 0 radical (unpaired) electrons. The molecule has 0 aromatic rings. The van der Waals surface area contributed by atoms with Gasteiger partial charge in [0.2, 0.25) is 0 Å². The van der Waals surface area contributed by atoms with Crippen LogP contribution >= 0.6 is 0 Å². The van der Waals surface area contributed by atoms with Crippen molar-refractivity contribution in [2.45, 2.75) is 57.6 Å². The largest absolute Gasteiger partial charge is 0.508 e. The van der Waals surface area contributed by atoms with E-state index in [0.29, 0.717) is 0 Å². The molecule has 0 saturated carbocycles. The number of carbonyl (C=O) groups excluding carboxylic acids is 1. The highest BCUT2D eigenvalue weighted by Gasteiger charge is 2.50. The van der Waals surface area contributed by atoms with Gasteiger partial charge in [-0.15, -0.1) is 20.2 Å². The second-order valence-corrected chi connectivity index (χ2v) is 5.98. The second-order valence-electron chi connectivity index (χ2n) is 5.98. The number of rotatable bonds is 9. The summed E-state index contributed by atoms with van der Waals surface area (Å²) in [5, 5.41) is 29.0. The minimum absolute atomic E-state index is 0.0323. The van der Waals surface area contributed by atoms with Crippen molar-refractivity contribution in [3.63, 3.8) is 0 Å². The molecule has 0 amide bonds. The van der Waals surface area contributed by atoms with E-state index in [0.717, 1.165) is 7.11 Å². The molecule has 0 aromatic heterocycles. The molecule has 0 aliphatic carbocycles. The summed E-state index contributed by atoms with van der Waals surface area (Å²) in [4.78, 5) is 41.5. The molecule has 14 nitrogen and oxygen atoms in total. The number of aliphatic hydroxyl groups excluding tert-OH is 1. The van der Waals surface area contributed by atoms with Crippen molar-refractivity contribution in [1.29, 1.82) is 0 Å². The summed E-state index contributed by atoms with van der Waals surface area (Å²) in [6.07, 6.45) is -9.74.